The number of nitrogens with two attached hydrogens (primary N) is 1. The number of benzene rings is 2. The third-order valence-corrected chi connectivity index (χ3v) is 6.57. The molecule has 0 unspecified atom stereocenters. The first-order valence-corrected chi connectivity index (χ1v) is 11.5. The fraction of sp³-hybridized carbons (Fsp3) is 0.259. The second-order valence-electron chi connectivity index (χ2n) is 8.98. The van der Waals surface area contributed by atoms with E-state index in [1.54, 1.807) is 0 Å². The first-order valence-electron chi connectivity index (χ1n) is 11.5. The van der Waals surface area contributed by atoms with Crippen LogP contribution in [-0.4, -0.2) is 22.8 Å². The Hall–Kier alpha value is -3.64. The largest absolute Gasteiger partial charge is 0.362 e. The van der Waals surface area contributed by atoms with Crippen LogP contribution in [0, 0.1) is 5.92 Å². The zero-order chi connectivity index (χ0) is 22.8. The third kappa shape index (κ3) is 4.61. The Balaban J connectivity index is 1.39. The monoisotopic (exact) mass is 440 g/mol. The van der Waals surface area contributed by atoms with Crippen LogP contribution in [-0.2, 0) is 9.59 Å². The molecule has 1 fully saturated rings. The smallest absolute Gasteiger partial charge is 0.256 e. The first kappa shape index (κ1) is 21.2. The number of hydrogen-bond donors (Lipinski definition) is 4. The van der Waals surface area contributed by atoms with Crippen molar-refractivity contribution in [2.24, 2.45) is 11.7 Å². The molecule has 33 heavy (non-hydrogen) atoms. The fourth-order valence-corrected chi connectivity index (χ4v) is 4.85. The molecule has 0 spiro atoms. The second-order valence-corrected chi connectivity index (χ2v) is 8.98. The number of aromatic nitrogens is 1. The molecule has 0 atom stereocenters. The van der Waals surface area contributed by atoms with Crippen LogP contribution in [0.25, 0.3) is 22.8 Å². The second kappa shape index (κ2) is 9.08. The van der Waals surface area contributed by atoms with Crippen LogP contribution in [0.2, 0.25) is 0 Å². The standard InChI is InChI=1S/C27H28N4O2/c28-19-11-9-17(10-12-19)14-25(32)30-21-5-1-4-18(15-21)22-7-2-8-24-26(22)23(27(33)31-24)16-20-6-3-13-29-20/h1-8,13,15-17,19,29H,9-12,14,28H2,(H,30,32)(H,31,33)/b23-16-. The highest BCUT2D eigenvalue weighted by Crippen LogP contribution is 2.40. The summed E-state index contributed by atoms with van der Waals surface area (Å²) < 4.78 is 0. The lowest BCUT2D eigenvalue weighted by atomic mass is 9.84. The van der Waals surface area contributed by atoms with E-state index in [9.17, 15) is 9.59 Å². The van der Waals surface area contributed by atoms with Crippen LogP contribution in [0.15, 0.2) is 60.8 Å². The summed E-state index contributed by atoms with van der Waals surface area (Å²) in [4.78, 5) is 28.5. The summed E-state index contributed by atoms with van der Waals surface area (Å²) in [5, 5.41) is 6.03. The van der Waals surface area contributed by atoms with E-state index in [0.29, 0.717) is 17.9 Å². The van der Waals surface area contributed by atoms with Gasteiger partial charge in [0.2, 0.25) is 5.91 Å². The van der Waals surface area contributed by atoms with Crippen LogP contribution in [0.1, 0.15) is 43.4 Å². The molecule has 6 heteroatoms. The topological polar surface area (TPSA) is 100 Å². The Labute approximate surface area is 193 Å². The van der Waals surface area contributed by atoms with Crippen molar-refractivity contribution in [2.45, 2.75) is 38.1 Å². The molecule has 1 aromatic heterocycles. The summed E-state index contributed by atoms with van der Waals surface area (Å²) in [6, 6.07) is 17.8. The van der Waals surface area contributed by atoms with E-state index in [1.807, 2.05) is 66.9 Å². The quantitative estimate of drug-likeness (QED) is 0.419. The molecule has 0 bridgehead atoms. The number of nitrogens with one attached hydrogen (secondary N) is 3. The summed E-state index contributed by atoms with van der Waals surface area (Å²) >= 11 is 0. The Morgan fingerprint density at radius 3 is 2.67 bits per heavy atom. The number of aromatic amines is 1. The SMILES string of the molecule is NC1CCC(CC(=O)Nc2cccc(-c3cccc4c3/C(=C/c3ccc[nH]3)C(=O)N4)c2)CC1. The average molecular weight is 441 g/mol. The normalized spacial score (nSPS) is 21.0. The average Bonchev–Trinajstić information content (AvgIpc) is 3.43. The van der Waals surface area contributed by atoms with E-state index < -0.39 is 0 Å². The van der Waals surface area contributed by atoms with Gasteiger partial charge in [-0.15, -0.1) is 0 Å². The van der Waals surface area contributed by atoms with Crippen LogP contribution >= 0.6 is 0 Å². The molecule has 6 nitrogen and oxygen atoms in total. The van der Waals surface area contributed by atoms with Gasteiger partial charge in [0.05, 0.1) is 5.57 Å². The van der Waals surface area contributed by atoms with Gasteiger partial charge in [-0.05, 0) is 79.1 Å². The predicted octanol–water partition coefficient (Wildman–Crippen LogP) is 5.02. The summed E-state index contributed by atoms with van der Waals surface area (Å²) in [5.41, 5.74) is 11.8. The highest BCUT2D eigenvalue weighted by molar-refractivity contribution is 6.36. The van der Waals surface area contributed by atoms with Crippen LogP contribution in [0.5, 0.6) is 0 Å². The van der Waals surface area contributed by atoms with Crippen LogP contribution in [0.4, 0.5) is 11.4 Å². The molecular weight excluding hydrogens is 412 g/mol. The summed E-state index contributed by atoms with van der Waals surface area (Å²) in [7, 11) is 0. The zero-order valence-corrected chi connectivity index (χ0v) is 18.4. The van der Waals surface area contributed by atoms with Crippen molar-refractivity contribution in [1.29, 1.82) is 0 Å². The van der Waals surface area contributed by atoms with Crippen LogP contribution in [0.3, 0.4) is 0 Å². The number of hydrogen-bond acceptors (Lipinski definition) is 3. The molecule has 2 aliphatic rings. The molecule has 0 saturated heterocycles. The van der Waals surface area contributed by atoms with Gasteiger partial charge in [-0.1, -0.05) is 24.3 Å². The van der Waals surface area contributed by atoms with E-state index in [0.717, 1.165) is 59.4 Å². The van der Waals surface area contributed by atoms with Gasteiger partial charge in [-0.2, -0.15) is 0 Å². The number of fused-ring (bicyclic) bond motifs is 1. The molecule has 2 amide bonds. The zero-order valence-electron chi connectivity index (χ0n) is 18.4. The van der Waals surface area contributed by atoms with Gasteiger partial charge in [0.1, 0.15) is 0 Å². The predicted molar refractivity (Wildman–Crippen MR) is 132 cm³/mol. The van der Waals surface area contributed by atoms with Crippen molar-refractivity contribution in [2.75, 3.05) is 10.6 Å². The molecule has 2 aromatic carbocycles. The Bertz CT molecular complexity index is 1200. The number of rotatable bonds is 5. The van der Waals surface area contributed by atoms with Gasteiger partial charge in [0.25, 0.3) is 5.91 Å². The van der Waals surface area contributed by atoms with Gasteiger partial charge < -0.3 is 21.4 Å². The van der Waals surface area contributed by atoms with Gasteiger partial charge >= 0.3 is 0 Å². The number of H-pyrrole nitrogens is 1. The van der Waals surface area contributed by atoms with E-state index in [1.165, 1.54) is 0 Å². The summed E-state index contributed by atoms with van der Waals surface area (Å²) in [5.74, 6) is 0.321. The Morgan fingerprint density at radius 1 is 1.06 bits per heavy atom. The number of carbonyl (C=O) groups excluding carboxylic acids is 2. The van der Waals surface area contributed by atoms with Gasteiger partial charge in [-0.3, -0.25) is 9.59 Å². The van der Waals surface area contributed by atoms with Crippen LogP contribution < -0.4 is 16.4 Å². The number of amides is 2. The van der Waals surface area contributed by atoms with Crippen molar-refractivity contribution in [3.63, 3.8) is 0 Å². The van der Waals surface area contributed by atoms with Crippen molar-refractivity contribution >= 4 is 34.8 Å². The maximum Gasteiger partial charge on any atom is 0.256 e. The molecule has 168 valence electrons. The lowest BCUT2D eigenvalue weighted by Crippen LogP contribution is -2.28. The minimum absolute atomic E-state index is 0.0371. The van der Waals surface area contributed by atoms with Crippen molar-refractivity contribution in [1.82, 2.24) is 4.98 Å². The Kier molecular flexibility index (Phi) is 5.84. The lowest BCUT2D eigenvalue weighted by molar-refractivity contribution is -0.117. The Morgan fingerprint density at radius 2 is 1.88 bits per heavy atom. The summed E-state index contributed by atoms with van der Waals surface area (Å²) in [6.45, 7) is 0. The van der Waals surface area contributed by atoms with E-state index in [4.69, 9.17) is 5.73 Å². The number of carbonyl (C=O) groups is 2. The maximum absolute atomic E-state index is 12.7. The molecule has 5 rings (SSSR count). The molecule has 1 saturated carbocycles. The third-order valence-electron chi connectivity index (χ3n) is 6.57. The van der Waals surface area contributed by atoms with Crippen molar-refractivity contribution in [3.8, 4) is 11.1 Å². The number of anilines is 2. The molecule has 3 aromatic rings. The fourth-order valence-electron chi connectivity index (χ4n) is 4.85. The van der Waals surface area contributed by atoms with Gasteiger partial charge in [-0.25, -0.2) is 0 Å². The van der Waals surface area contributed by atoms with E-state index >= 15 is 0 Å². The van der Waals surface area contributed by atoms with Crippen molar-refractivity contribution in [3.05, 3.63) is 72.1 Å². The molecule has 1 aliphatic heterocycles. The highest BCUT2D eigenvalue weighted by atomic mass is 16.2. The van der Waals surface area contributed by atoms with E-state index in [-0.39, 0.29) is 17.9 Å². The van der Waals surface area contributed by atoms with E-state index in [2.05, 4.69) is 15.6 Å². The maximum atomic E-state index is 12.7. The molecule has 0 radical (unpaired) electrons. The summed E-state index contributed by atoms with van der Waals surface area (Å²) in [6.07, 6.45) is 8.25. The molecule has 1 aliphatic carbocycles. The van der Waals surface area contributed by atoms with Gasteiger partial charge in [0.15, 0.2) is 0 Å². The minimum Gasteiger partial charge on any atom is -0.362 e. The minimum atomic E-state index is -0.122. The van der Waals surface area contributed by atoms with Crippen molar-refractivity contribution < 1.29 is 9.59 Å². The van der Waals surface area contributed by atoms with Gasteiger partial charge in [0, 0.05) is 41.3 Å². The first-order chi connectivity index (χ1) is 16.1. The highest BCUT2D eigenvalue weighted by Gasteiger charge is 2.27. The lowest BCUT2D eigenvalue weighted by Gasteiger charge is -2.25. The molecule has 2 heterocycles. The molecular formula is C27H28N4O2. The molecule has 5 N–H and O–H groups in total.